The third-order valence-electron chi connectivity index (χ3n) is 4.22. The fraction of sp³-hybridized carbons (Fsp3) is 0.467. The normalized spacial score (nSPS) is 14.3. The number of carbonyl (C=O) groups excluding carboxylic acids is 1. The first-order chi connectivity index (χ1) is 9.06. The highest BCUT2D eigenvalue weighted by molar-refractivity contribution is 7.80. The molecule has 0 bridgehead atoms. The molecule has 0 saturated heterocycles. The molecule has 0 radical (unpaired) electrons. The summed E-state index contributed by atoms with van der Waals surface area (Å²) in [7, 11) is 0. The van der Waals surface area contributed by atoms with Crippen molar-refractivity contribution in [2.24, 2.45) is 11.1 Å². The van der Waals surface area contributed by atoms with Gasteiger partial charge in [-0.2, -0.15) is 0 Å². The Labute approximate surface area is 119 Å². The van der Waals surface area contributed by atoms with E-state index in [1.807, 2.05) is 36.9 Å². The Hall–Kier alpha value is -1.42. The van der Waals surface area contributed by atoms with Gasteiger partial charge in [-0.15, -0.1) is 0 Å². The van der Waals surface area contributed by atoms with Crippen LogP contribution in [0.15, 0.2) is 24.3 Å². The summed E-state index contributed by atoms with van der Waals surface area (Å²) < 4.78 is 0. The summed E-state index contributed by atoms with van der Waals surface area (Å²) in [6.07, 6.45) is 2.20. The number of benzene rings is 1. The summed E-state index contributed by atoms with van der Waals surface area (Å²) in [5.41, 5.74) is 7.39. The van der Waals surface area contributed by atoms with Crippen LogP contribution in [-0.2, 0) is 11.2 Å². The second kappa shape index (κ2) is 5.29. The van der Waals surface area contributed by atoms with Crippen molar-refractivity contribution < 1.29 is 4.79 Å². The number of carbonyl (C=O) groups is 1. The number of nitrogens with zero attached hydrogens (tertiary/aromatic N) is 1. The minimum absolute atomic E-state index is 0.0509. The molecule has 0 aromatic heterocycles. The van der Waals surface area contributed by atoms with Crippen molar-refractivity contribution in [3.8, 4) is 0 Å². The SMILES string of the molecule is CCC(CC)(C(=O)N1CCc2ccccc21)C(N)=S. The van der Waals surface area contributed by atoms with Gasteiger partial charge >= 0.3 is 0 Å². The van der Waals surface area contributed by atoms with Crippen LogP contribution < -0.4 is 10.6 Å². The minimum atomic E-state index is -0.702. The molecule has 0 aliphatic carbocycles. The number of hydrogen-bond donors (Lipinski definition) is 1. The summed E-state index contributed by atoms with van der Waals surface area (Å²) in [5.74, 6) is 0.0509. The lowest BCUT2D eigenvalue weighted by molar-refractivity contribution is -0.125. The first kappa shape index (κ1) is 14.0. The Morgan fingerprint density at radius 1 is 1.37 bits per heavy atom. The Balaban J connectivity index is 2.38. The standard InChI is InChI=1S/C15H20N2OS/c1-3-15(4-2,13(16)19)14(18)17-10-9-11-7-5-6-8-12(11)17/h5-8H,3-4,9-10H2,1-2H3,(H2,16,19). The van der Waals surface area contributed by atoms with Crippen molar-refractivity contribution in [3.63, 3.8) is 0 Å². The molecule has 0 atom stereocenters. The van der Waals surface area contributed by atoms with Crippen LogP contribution in [0.3, 0.4) is 0 Å². The van der Waals surface area contributed by atoms with Gasteiger partial charge in [0, 0.05) is 12.2 Å². The fourth-order valence-corrected chi connectivity index (χ4v) is 3.19. The molecule has 1 aliphatic heterocycles. The van der Waals surface area contributed by atoms with Crippen LogP contribution in [-0.4, -0.2) is 17.4 Å². The molecule has 0 spiro atoms. The molecule has 1 aromatic carbocycles. The largest absolute Gasteiger partial charge is 0.392 e. The average molecular weight is 276 g/mol. The fourth-order valence-electron chi connectivity index (χ4n) is 2.81. The molecule has 1 amide bonds. The topological polar surface area (TPSA) is 46.3 Å². The number of anilines is 1. The lowest BCUT2D eigenvalue weighted by Crippen LogP contribution is -2.49. The third-order valence-corrected chi connectivity index (χ3v) is 4.61. The summed E-state index contributed by atoms with van der Waals surface area (Å²) in [4.78, 5) is 15.1. The van der Waals surface area contributed by atoms with E-state index in [9.17, 15) is 4.79 Å². The van der Waals surface area contributed by atoms with Crippen LogP contribution in [0.5, 0.6) is 0 Å². The number of hydrogen-bond acceptors (Lipinski definition) is 2. The molecule has 1 aromatic rings. The molecule has 1 aliphatic rings. The van der Waals surface area contributed by atoms with Gasteiger partial charge < -0.3 is 10.6 Å². The molecule has 19 heavy (non-hydrogen) atoms. The second-order valence-electron chi connectivity index (χ2n) is 4.99. The molecule has 0 fully saturated rings. The van der Waals surface area contributed by atoms with E-state index in [0.717, 1.165) is 18.7 Å². The number of fused-ring (bicyclic) bond motifs is 1. The van der Waals surface area contributed by atoms with Crippen molar-refractivity contribution in [1.29, 1.82) is 0 Å². The maximum absolute atomic E-state index is 12.9. The summed E-state index contributed by atoms with van der Waals surface area (Å²) in [6.45, 7) is 4.67. The molecule has 4 heteroatoms. The maximum Gasteiger partial charge on any atom is 0.240 e. The van der Waals surface area contributed by atoms with Crippen LogP contribution in [0.2, 0.25) is 0 Å². The van der Waals surface area contributed by atoms with Crippen molar-refractivity contribution >= 4 is 28.8 Å². The molecule has 2 rings (SSSR count). The highest BCUT2D eigenvalue weighted by atomic mass is 32.1. The average Bonchev–Trinajstić information content (AvgIpc) is 2.84. The predicted octanol–water partition coefficient (Wildman–Crippen LogP) is 2.67. The zero-order valence-corrected chi connectivity index (χ0v) is 12.3. The van der Waals surface area contributed by atoms with Crippen LogP contribution in [0.25, 0.3) is 0 Å². The van der Waals surface area contributed by atoms with Gasteiger partial charge in [0.1, 0.15) is 0 Å². The molecule has 0 unspecified atom stereocenters. The summed E-state index contributed by atoms with van der Waals surface area (Å²) in [5, 5.41) is 0. The Morgan fingerprint density at radius 2 is 2.00 bits per heavy atom. The van der Waals surface area contributed by atoms with Gasteiger partial charge in [-0.3, -0.25) is 4.79 Å². The first-order valence-electron chi connectivity index (χ1n) is 6.76. The van der Waals surface area contributed by atoms with Gasteiger partial charge in [0.2, 0.25) is 5.91 Å². The third kappa shape index (κ3) is 2.14. The van der Waals surface area contributed by atoms with E-state index in [0.29, 0.717) is 17.8 Å². The summed E-state index contributed by atoms with van der Waals surface area (Å²) >= 11 is 5.17. The Bertz CT molecular complexity index is 509. The van der Waals surface area contributed by atoms with Crippen molar-refractivity contribution in [2.75, 3.05) is 11.4 Å². The number of nitrogens with two attached hydrogens (primary N) is 1. The lowest BCUT2D eigenvalue weighted by Gasteiger charge is -2.33. The molecular formula is C15H20N2OS. The molecule has 3 nitrogen and oxygen atoms in total. The van der Waals surface area contributed by atoms with Crippen molar-refractivity contribution in [2.45, 2.75) is 33.1 Å². The van der Waals surface area contributed by atoms with E-state index in [1.165, 1.54) is 5.56 Å². The second-order valence-corrected chi connectivity index (χ2v) is 5.43. The van der Waals surface area contributed by atoms with Gasteiger partial charge in [-0.1, -0.05) is 44.3 Å². The van der Waals surface area contributed by atoms with E-state index < -0.39 is 5.41 Å². The lowest BCUT2D eigenvalue weighted by atomic mass is 9.80. The number of thiocarbonyl (C=S) groups is 1. The van der Waals surface area contributed by atoms with E-state index in [2.05, 4.69) is 6.07 Å². The van der Waals surface area contributed by atoms with Gasteiger partial charge in [0.05, 0.1) is 10.4 Å². The van der Waals surface area contributed by atoms with Crippen molar-refractivity contribution in [1.82, 2.24) is 0 Å². The number of para-hydroxylation sites is 1. The predicted molar refractivity (Wildman–Crippen MR) is 82.3 cm³/mol. The van der Waals surface area contributed by atoms with E-state index >= 15 is 0 Å². The van der Waals surface area contributed by atoms with Crippen LogP contribution in [0.4, 0.5) is 5.69 Å². The first-order valence-corrected chi connectivity index (χ1v) is 7.17. The molecule has 2 N–H and O–H groups in total. The van der Waals surface area contributed by atoms with Crippen LogP contribution in [0, 0.1) is 5.41 Å². The zero-order chi connectivity index (χ0) is 14.0. The van der Waals surface area contributed by atoms with Crippen molar-refractivity contribution in [3.05, 3.63) is 29.8 Å². The van der Waals surface area contributed by atoms with Gasteiger partial charge in [0.25, 0.3) is 0 Å². The molecule has 102 valence electrons. The van der Waals surface area contributed by atoms with E-state index in [1.54, 1.807) is 0 Å². The smallest absolute Gasteiger partial charge is 0.240 e. The van der Waals surface area contributed by atoms with E-state index in [4.69, 9.17) is 18.0 Å². The highest BCUT2D eigenvalue weighted by Crippen LogP contribution is 2.35. The summed E-state index contributed by atoms with van der Waals surface area (Å²) in [6, 6.07) is 8.04. The van der Waals surface area contributed by atoms with Crippen LogP contribution >= 0.6 is 12.2 Å². The minimum Gasteiger partial charge on any atom is -0.392 e. The highest BCUT2D eigenvalue weighted by Gasteiger charge is 2.42. The molecular weight excluding hydrogens is 256 g/mol. The number of rotatable bonds is 4. The van der Waals surface area contributed by atoms with Gasteiger partial charge in [-0.25, -0.2) is 0 Å². The quantitative estimate of drug-likeness (QED) is 0.860. The Morgan fingerprint density at radius 3 is 2.58 bits per heavy atom. The van der Waals surface area contributed by atoms with Gasteiger partial charge in [0.15, 0.2) is 0 Å². The molecule has 1 heterocycles. The van der Waals surface area contributed by atoms with Gasteiger partial charge in [-0.05, 0) is 30.9 Å². The molecule has 0 saturated carbocycles. The van der Waals surface area contributed by atoms with Crippen LogP contribution in [0.1, 0.15) is 32.3 Å². The Kier molecular flexibility index (Phi) is 3.90. The maximum atomic E-state index is 12.9. The monoisotopic (exact) mass is 276 g/mol. The number of amides is 1. The van der Waals surface area contributed by atoms with E-state index in [-0.39, 0.29) is 5.91 Å². The zero-order valence-electron chi connectivity index (χ0n) is 11.5.